The lowest BCUT2D eigenvalue weighted by molar-refractivity contribution is 0.104. The molecule has 1 aliphatic rings. The molecule has 0 saturated heterocycles. The highest BCUT2D eigenvalue weighted by Crippen LogP contribution is 2.42. The minimum atomic E-state index is 0.133. The third-order valence-corrected chi connectivity index (χ3v) is 3.83. The minimum Gasteiger partial charge on any atom is -0.289 e. The SMILES string of the molecule is O=C1c2ccccc2-c2c1cccc2-c1ccccc1. The van der Waals surface area contributed by atoms with Crippen LogP contribution in [0.2, 0.25) is 0 Å². The van der Waals surface area contributed by atoms with Crippen molar-refractivity contribution in [3.8, 4) is 22.3 Å². The van der Waals surface area contributed by atoms with Gasteiger partial charge in [-0.15, -0.1) is 0 Å². The zero-order chi connectivity index (χ0) is 13.5. The van der Waals surface area contributed by atoms with Crippen LogP contribution >= 0.6 is 0 Å². The first-order valence-corrected chi connectivity index (χ1v) is 6.69. The number of carbonyl (C=O) groups is 1. The summed E-state index contributed by atoms with van der Waals surface area (Å²) >= 11 is 0. The lowest BCUT2D eigenvalue weighted by Crippen LogP contribution is -1.94. The van der Waals surface area contributed by atoms with E-state index in [1.54, 1.807) is 0 Å². The van der Waals surface area contributed by atoms with Gasteiger partial charge in [0.05, 0.1) is 0 Å². The van der Waals surface area contributed by atoms with E-state index in [9.17, 15) is 4.79 Å². The number of hydrogen-bond donors (Lipinski definition) is 0. The van der Waals surface area contributed by atoms with Crippen LogP contribution in [0.25, 0.3) is 22.3 Å². The third kappa shape index (κ3) is 1.47. The normalized spacial score (nSPS) is 12.1. The predicted molar refractivity (Wildman–Crippen MR) is 80.7 cm³/mol. The lowest BCUT2D eigenvalue weighted by Gasteiger charge is -2.09. The molecule has 0 heterocycles. The van der Waals surface area contributed by atoms with Crippen molar-refractivity contribution >= 4 is 5.78 Å². The van der Waals surface area contributed by atoms with Crippen molar-refractivity contribution in [3.63, 3.8) is 0 Å². The second kappa shape index (κ2) is 4.17. The molecule has 0 aromatic heterocycles. The second-order valence-corrected chi connectivity index (χ2v) is 4.97. The molecular formula is C19H12O. The van der Waals surface area contributed by atoms with Gasteiger partial charge in [0.1, 0.15) is 0 Å². The summed E-state index contributed by atoms with van der Waals surface area (Å²) in [6.07, 6.45) is 0. The molecule has 0 fully saturated rings. The Hall–Kier alpha value is -2.67. The molecule has 4 rings (SSSR count). The predicted octanol–water partition coefficient (Wildman–Crippen LogP) is 4.57. The Morgan fingerprint density at radius 1 is 0.500 bits per heavy atom. The fourth-order valence-corrected chi connectivity index (χ4v) is 2.93. The summed E-state index contributed by atoms with van der Waals surface area (Å²) in [6.45, 7) is 0. The van der Waals surface area contributed by atoms with Gasteiger partial charge in [0.25, 0.3) is 0 Å². The molecular weight excluding hydrogens is 244 g/mol. The molecule has 0 saturated carbocycles. The Labute approximate surface area is 117 Å². The maximum atomic E-state index is 12.5. The van der Waals surface area contributed by atoms with E-state index in [0.717, 1.165) is 33.4 Å². The fraction of sp³-hybridized carbons (Fsp3) is 0. The topological polar surface area (TPSA) is 17.1 Å². The van der Waals surface area contributed by atoms with Gasteiger partial charge in [0, 0.05) is 16.7 Å². The van der Waals surface area contributed by atoms with Crippen molar-refractivity contribution < 1.29 is 4.79 Å². The maximum Gasteiger partial charge on any atom is 0.194 e. The number of hydrogen-bond acceptors (Lipinski definition) is 1. The van der Waals surface area contributed by atoms with Crippen LogP contribution in [0.5, 0.6) is 0 Å². The number of rotatable bonds is 1. The van der Waals surface area contributed by atoms with Crippen molar-refractivity contribution in [2.45, 2.75) is 0 Å². The second-order valence-electron chi connectivity index (χ2n) is 4.97. The molecule has 1 aliphatic carbocycles. The van der Waals surface area contributed by atoms with Gasteiger partial charge in [-0.25, -0.2) is 0 Å². The van der Waals surface area contributed by atoms with Crippen LogP contribution in [0.4, 0.5) is 0 Å². The van der Waals surface area contributed by atoms with E-state index in [2.05, 4.69) is 18.2 Å². The lowest BCUT2D eigenvalue weighted by atomic mass is 9.94. The molecule has 94 valence electrons. The van der Waals surface area contributed by atoms with Gasteiger partial charge >= 0.3 is 0 Å². The summed E-state index contributed by atoms with van der Waals surface area (Å²) in [5.74, 6) is 0.133. The van der Waals surface area contributed by atoms with Crippen molar-refractivity contribution in [1.29, 1.82) is 0 Å². The molecule has 3 aromatic rings. The molecule has 0 spiro atoms. The summed E-state index contributed by atoms with van der Waals surface area (Å²) in [6, 6.07) is 24.0. The molecule has 1 heteroatoms. The fourth-order valence-electron chi connectivity index (χ4n) is 2.93. The van der Waals surface area contributed by atoms with E-state index >= 15 is 0 Å². The van der Waals surface area contributed by atoms with E-state index in [1.807, 2.05) is 54.6 Å². The van der Waals surface area contributed by atoms with Crippen LogP contribution in [0.3, 0.4) is 0 Å². The summed E-state index contributed by atoms with van der Waals surface area (Å²) in [7, 11) is 0. The van der Waals surface area contributed by atoms with E-state index in [0.29, 0.717) is 0 Å². The molecule has 0 N–H and O–H groups in total. The molecule has 3 aromatic carbocycles. The molecule has 0 amide bonds. The van der Waals surface area contributed by atoms with Crippen molar-refractivity contribution in [2.24, 2.45) is 0 Å². The third-order valence-electron chi connectivity index (χ3n) is 3.83. The summed E-state index contributed by atoms with van der Waals surface area (Å²) in [5, 5.41) is 0. The van der Waals surface area contributed by atoms with Crippen LogP contribution in [0.1, 0.15) is 15.9 Å². The number of fused-ring (bicyclic) bond motifs is 3. The van der Waals surface area contributed by atoms with Crippen molar-refractivity contribution in [2.75, 3.05) is 0 Å². The van der Waals surface area contributed by atoms with Gasteiger partial charge in [-0.1, -0.05) is 72.8 Å². The highest BCUT2D eigenvalue weighted by atomic mass is 16.1. The standard InChI is InChI=1S/C19H12O/c20-19-16-10-5-4-9-15(16)18-14(11-6-12-17(18)19)13-7-2-1-3-8-13/h1-12H. The molecule has 1 nitrogen and oxygen atoms in total. The highest BCUT2D eigenvalue weighted by molar-refractivity contribution is 6.23. The van der Waals surface area contributed by atoms with Gasteiger partial charge in [0.15, 0.2) is 5.78 Å². The first kappa shape index (κ1) is 11.2. The summed E-state index contributed by atoms with van der Waals surface area (Å²) in [5.41, 5.74) is 6.01. The van der Waals surface area contributed by atoms with E-state index in [-0.39, 0.29) is 5.78 Å². The zero-order valence-corrected chi connectivity index (χ0v) is 10.8. The molecule has 0 bridgehead atoms. The number of carbonyl (C=O) groups excluding carboxylic acids is 1. The number of ketones is 1. The zero-order valence-electron chi connectivity index (χ0n) is 10.8. The maximum absolute atomic E-state index is 12.5. The van der Waals surface area contributed by atoms with Crippen molar-refractivity contribution in [1.82, 2.24) is 0 Å². The summed E-state index contributed by atoms with van der Waals surface area (Å²) < 4.78 is 0. The van der Waals surface area contributed by atoms with Crippen LogP contribution in [-0.2, 0) is 0 Å². The Kier molecular flexibility index (Phi) is 2.33. The first-order chi connectivity index (χ1) is 9.86. The molecule has 0 unspecified atom stereocenters. The molecule has 0 atom stereocenters. The Morgan fingerprint density at radius 3 is 1.90 bits per heavy atom. The van der Waals surface area contributed by atoms with Gasteiger partial charge in [0.2, 0.25) is 0 Å². The van der Waals surface area contributed by atoms with Crippen LogP contribution in [0, 0.1) is 0 Å². The highest BCUT2D eigenvalue weighted by Gasteiger charge is 2.28. The van der Waals surface area contributed by atoms with Gasteiger partial charge in [-0.2, -0.15) is 0 Å². The smallest absolute Gasteiger partial charge is 0.194 e. The van der Waals surface area contributed by atoms with Crippen LogP contribution in [-0.4, -0.2) is 5.78 Å². The Morgan fingerprint density at radius 2 is 1.10 bits per heavy atom. The van der Waals surface area contributed by atoms with Crippen molar-refractivity contribution in [3.05, 3.63) is 83.9 Å². The average molecular weight is 256 g/mol. The molecule has 20 heavy (non-hydrogen) atoms. The minimum absolute atomic E-state index is 0.133. The van der Waals surface area contributed by atoms with Gasteiger partial charge in [-0.05, 0) is 16.7 Å². The first-order valence-electron chi connectivity index (χ1n) is 6.69. The average Bonchev–Trinajstić information content (AvgIpc) is 2.82. The largest absolute Gasteiger partial charge is 0.289 e. The number of benzene rings is 3. The van der Waals surface area contributed by atoms with Gasteiger partial charge in [-0.3, -0.25) is 4.79 Å². The van der Waals surface area contributed by atoms with Gasteiger partial charge < -0.3 is 0 Å². The van der Waals surface area contributed by atoms with E-state index in [1.165, 1.54) is 0 Å². The summed E-state index contributed by atoms with van der Waals surface area (Å²) in [4.78, 5) is 12.5. The van der Waals surface area contributed by atoms with E-state index < -0.39 is 0 Å². The van der Waals surface area contributed by atoms with E-state index in [4.69, 9.17) is 0 Å². The Balaban J connectivity index is 2.07. The van der Waals surface area contributed by atoms with Crippen LogP contribution in [0.15, 0.2) is 72.8 Å². The molecule has 0 aliphatic heterocycles. The monoisotopic (exact) mass is 256 g/mol. The molecule has 0 radical (unpaired) electrons. The Bertz CT molecular complexity index is 816. The van der Waals surface area contributed by atoms with Crippen LogP contribution < -0.4 is 0 Å². The quantitative estimate of drug-likeness (QED) is 0.487.